The summed E-state index contributed by atoms with van der Waals surface area (Å²) in [6, 6.07) is 12.0. The van der Waals surface area contributed by atoms with Crippen LogP contribution in [0.15, 0.2) is 47.4 Å². The van der Waals surface area contributed by atoms with Crippen LogP contribution in [0.3, 0.4) is 0 Å². The van der Waals surface area contributed by atoms with Crippen LogP contribution in [-0.4, -0.2) is 87.6 Å². The third kappa shape index (κ3) is 17.0. The van der Waals surface area contributed by atoms with Crippen molar-refractivity contribution in [1.82, 2.24) is 14.8 Å². The molecule has 1 aromatic heterocycles. The zero-order valence-electron chi connectivity index (χ0n) is 22.3. The summed E-state index contributed by atoms with van der Waals surface area (Å²) in [7, 11) is 4.16. The maximum Gasteiger partial charge on any atom is 0.414 e. The molecule has 0 fully saturated rings. The smallest absolute Gasteiger partial charge is 0.414 e. The number of pyridine rings is 1. The number of nitrogens with one attached hydrogen (secondary N) is 1. The molecule has 1 aromatic carbocycles. The molecule has 13 nitrogen and oxygen atoms in total. The Morgan fingerprint density at radius 2 is 1.49 bits per heavy atom. The Bertz CT molecular complexity index is 1050. The van der Waals surface area contributed by atoms with E-state index in [9.17, 15) is 4.79 Å². The molecule has 0 bridgehead atoms. The maximum absolute atomic E-state index is 12.4. The molecule has 0 spiro atoms. The van der Waals surface area contributed by atoms with Crippen LogP contribution >= 0.6 is 0 Å². The Kier molecular flexibility index (Phi) is 17.7. The zero-order chi connectivity index (χ0) is 29.8. The van der Waals surface area contributed by atoms with E-state index in [0.29, 0.717) is 18.9 Å². The number of unbranched alkanes of at least 4 members (excludes halogenated alkanes) is 1. The fraction of sp³-hybridized carbons (Fsp3) is 0.423. The van der Waals surface area contributed by atoms with E-state index in [-0.39, 0.29) is 5.43 Å². The molecule has 0 aliphatic heterocycles. The van der Waals surface area contributed by atoms with E-state index in [1.54, 1.807) is 6.07 Å². The first-order valence-electron chi connectivity index (χ1n) is 12.1. The molecule has 0 unspecified atom stereocenters. The summed E-state index contributed by atoms with van der Waals surface area (Å²) < 4.78 is 7.84. The number of aliphatic carboxylic acids is 4. The molecule has 216 valence electrons. The van der Waals surface area contributed by atoms with Crippen molar-refractivity contribution in [3.05, 3.63) is 64.1 Å². The van der Waals surface area contributed by atoms with Crippen molar-refractivity contribution >= 4 is 23.9 Å². The van der Waals surface area contributed by atoms with Gasteiger partial charge in [-0.2, -0.15) is 0 Å². The zero-order valence-corrected chi connectivity index (χ0v) is 22.3. The second kappa shape index (κ2) is 19.8. The van der Waals surface area contributed by atoms with Crippen LogP contribution in [-0.2, 0) is 32.3 Å². The first-order valence-corrected chi connectivity index (χ1v) is 12.1. The van der Waals surface area contributed by atoms with Gasteiger partial charge >= 0.3 is 23.9 Å². The lowest BCUT2D eigenvalue weighted by Crippen LogP contribution is -2.24. The molecule has 0 saturated heterocycles. The molecule has 0 radical (unpaired) electrons. The Morgan fingerprint density at radius 3 is 1.97 bits per heavy atom. The topological polar surface area (TPSA) is 196 Å². The number of carbonyl (C=O) groups is 4. The summed E-state index contributed by atoms with van der Waals surface area (Å²) in [6.07, 6.45) is 4.94. The van der Waals surface area contributed by atoms with Gasteiger partial charge in [0, 0.05) is 24.8 Å². The molecular formula is C26H37N3O10. The van der Waals surface area contributed by atoms with Crippen molar-refractivity contribution in [3.8, 4) is 5.75 Å². The number of hydrogen-bond acceptors (Lipinski definition) is 8. The average molecular weight is 552 g/mol. The standard InChI is InChI=1S/C22H33N3O2.2C2H2O4/c1-4-5-14-27-22-18-25(17-19-10-7-6-8-11-19)20(15-21(22)26)16-23-12-9-13-24(2)3;2*3-1(4)2(5)6/h6-8,10-11,15,18,23H,4-5,9,12-14,16-17H2,1-3H3;2*(H,3,4)(H,5,6). The van der Waals surface area contributed by atoms with E-state index in [4.69, 9.17) is 44.3 Å². The van der Waals surface area contributed by atoms with E-state index in [1.807, 2.05) is 24.4 Å². The molecule has 13 heteroatoms. The summed E-state index contributed by atoms with van der Waals surface area (Å²) in [5.74, 6) is -6.86. The molecule has 39 heavy (non-hydrogen) atoms. The summed E-state index contributed by atoms with van der Waals surface area (Å²) in [5, 5.41) is 33.0. The highest BCUT2D eigenvalue weighted by Crippen LogP contribution is 2.11. The van der Waals surface area contributed by atoms with Gasteiger partial charge in [0.25, 0.3) is 0 Å². The number of carboxylic acid groups (broad SMARTS) is 4. The van der Waals surface area contributed by atoms with Crippen molar-refractivity contribution in [3.63, 3.8) is 0 Å². The number of rotatable bonds is 12. The fourth-order valence-corrected chi connectivity index (χ4v) is 2.84. The van der Waals surface area contributed by atoms with Crippen LogP contribution in [0.4, 0.5) is 0 Å². The average Bonchev–Trinajstić information content (AvgIpc) is 2.87. The summed E-state index contributed by atoms with van der Waals surface area (Å²) in [5.41, 5.74) is 2.14. The van der Waals surface area contributed by atoms with Crippen molar-refractivity contribution in [2.75, 3.05) is 33.8 Å². The summed E-state index contributed by atoms with van der Waals surface area (Å²) in [4.78, 5) is 51.0. The highest BCUT2D eigenvalue weighted by Gasteiger charge is 2.09. The highest BCUT2D eigenvalue weighted by molar-refractivity contribution is 6.27. The molecule has 0 atom stereocenters. The van der Waals surface area contributed by atoms with Crippen LogP contribution in [0.5, 0.6) is 5.75 Å². The predicted molar refractivity (Wildman–Crippen MR) is 142 cm³/mol. The minimum absolute atomic E-state index is 0.0412. The third-order valence-electron chi connectivity index (χ3n) is 4.76. The van der Waals surface area contributed by atoms with Gasteiger partial charge in [-0.3, -0.25) is 4.79 Å². The van der Waals surface area contributed by atoms with Gasteiger partial charge in [-0.15, -0.1) is 0 Å². The molecule has 5 N–H and O–H groups in total. The van der Waals surface area contributed by atoms with Crippen molar-refractivity contribution in [2.24, 2.45) is 0 Å². The first-order chi connectivity index (χ1) is 18.4. The van der Waals surface area contributed by atoms with Crippen LogP contribution < -0.4 is 15.5 Å². The third-order valence-corrected chi connectivity index (χ3v) is 4.76. The van der Waals surface area contributed by atoms with E-state index in [1.165, 1.54) is 5.56 Å². The second-order valence-electron chi connectivity index (χ2n) is 8.36. The van der Waals surface area contributed by atoms with Gasteiger partial charge in [-0.05, 0) is 45.6 Å². The normalized spacial score (nSPS) is 9.95. The lowest BCUT2D eigenvalue weighted by atomic mass is 10.2. The van der Waals surface area contributed by atoms with Gasteiger partial charge in [-0.1, -0.05) is 43.7 Å². The highest BCUT2D eigenvalue weighted by atomic mass is 16.5. The van der Waals surface area contributed by atoms with E-state index < -0.39 is 23.9 Å². The van der Waals surface area contributed by atoms with E-state index >= 15 is 0 Å². The van der Waals surface area contributed by atoms with Gasteiger partial charge in [-0.25, -0.2) is 19.2 Å². The Labute approximate surface area is 226 Å². The minimum Gasteiger partial charge on any atom is -0.488 e. The van der Waals surface area contributed by atoms with Crippen molar-refractivity contribution < 1.29 is 44.3 Å². The van der Waals surface area contributed by atoms with Gasteiger partial charge in [0.2, 0.25) is 5.43 Å². The molecule has 0 aliphatic rings. The number of carboxylic acids is 4. The quantitative estimate of drug-likeness (QED) is 0.188. The fourth-order valence-electron chi connectivity index (χ4n) is 2.84. The SMILES string of the molecule is CCCCOc1cn(Cc2ccccc2)c(CNCCCN(C)C)cc1=O.O=C(O)C(=O)O.O=C(O)C(=O)O. The number of aromatic nitrogens is 1. The van der Waals surface area contributed by atoms with Crippen LogP contribution in [0.25, 0.3) is 0 Å². The van der Waals surface area contributed by atoms with Gasteiger partial charge in [0.1, 0.15) is 0 Å². The Morgan fingerprint density at radius 1 is 0.923 bits per heavy atom. The molecule has 0 saturated carbocycles. The van der Waals surface area contributed by atoms with Crippen LogP contribution in [0.1, 0.15) is 37.4 Å². The number of ether oxygens (including phenoxy) is 1. The van der Waals surface area contributed by atoms with Gasteiger partial charge in [0.05, 0.1) is 12.8 Å². The summed E-state index contributed by atoms with van der Waals surface area (Å²) >= 11 is 0. The van der Waals surface area contributed by atoms with Crippen molar-refractivity contribution in [1.29, 1.82) is 0 Å². The number of hydrogen-bond donors (Lipinski definition) is 5. The molecule has 0 aliphatic carbocycles. The van der Waals surface area contributed by atoms with E-state index in [2.05, 4.69) is 47.9 Å². The number of nitrogens with zero attached hydrogens (tertiary/aromatic N) is 2. The lowest BCUT2D eigenvalue weighted by Gasteiger charge is -2.17. The minimum atomic E-state index is -1.82. The first kappa shape index (κ1) is 34.8. The molecular weight excluding hydrogens is 514 g/mol. The van der Waals surface area contributed by atoms with Crippen molar-refractivity contribution in [2.45, 2.75) is 39.3 Å². The van der Waals surface area contributed by atoms with Gasteiger partial charge < -0.3 is 39.9 Å². The predicted octanol–water partition coefficient (Wildman–Crippen LogP) is 1.43. The molecule has 2 aromatic rings. The van der Waals surface area contributed by atoms with Crippen LogP contribution in [0.2, 0.25) is 0 Å². The second-order valence-corrected chi connectivity index (χ2v) is 8.36. The monoisotopic (exact) mass is 551 g/mol. The Hall–Kier alpha value is -4.23. The maximum atomic E-state index is 12.4. The summed E-state index contributed by atoms with van der Waals surface area (Å²) in [6.45, 7) is 6.06. The molecule has 2 rings (SSSR count). The molecule has 1 heterocycles. The van der Waals surface area contributed by atoms with Gasteiger partial charge in [0.15, 0.2) is 5.75 Å². The lowest BCUT2D eigenvalue weighted by molar-refractivity contribution is -0.159. The molecule has 0 amide bonds. The van der Waals surface area contributed by atoms with E-state index in [0.717, 1.165) is 44.6 Å². The Balaban J connectivity index is 0.00000100. The number of benzene rings is 1. The van der Waals surface area contributed by atoms with Crippen LogP contribution in [0, 0.1) is 0 Å². The largest absolute Gasteiger partial charge is 0.488 e.